The van der Waals surface area contributed by atoms with E-state index < -0.39 is 0 Å². The highest BCUT2D eigenvalue weighted by atomic mass is 16.5. The predicted molar refractivity (Wildman–Crippen MR) is 58.2 cm³/mol. The Labute approximate surface area is 88.1 Å². The number of nitrogen functional groups attached to an aromatic ring is 1. The van der Waals surface area contributed by atoms with Gasteiger partial charge in [-0.3, -0.25) is 0 Å². The number of pyridine rings is 1. The molecule has 0 fully saturated rings. The number of nitrogens with two attached hydrogens (primary N) is 1. The average Bonchev–Trinajstić information content (AvgIpc) is 2.66. The van der Waals surface area contributed by atoms with E-state index >= 15 is 0 Å². The molecule has 2 N–H and O–H groups in total. The summed E-state index contributed by atoms with van der Waals surface area (Å²) in [7, 11) is 0. The normalized spacial score (nSPS) is 10.9. The van der Waals surface area contributed by atoms with Crippen molar-refractivity contribution in [1.82, 2.24) is 10.1 Å². The highest BCUT2D eigenvalue weighted by molar-refractivity contribution is 5.54. The molecule has 4 heteroatoms. The summed E-state index contributed by atoms with van der Waals surface area (Å²) in [6.07, 6.45) is 0. The van der Waals surface area contributed by atoms with E-state index in [1.807, 2.05) is 18.2 Å². The summed E-state index contributed by atoms with van der Waals surface area (Å²) in [6.45, 7) is 4.13. The van der Waals surface area contributed by atoms with Crippen LogP contribution in [0.4, 0.5) is 5.82 Å². The van der Waals surface area contributed by atoms with Gasteiger partial charge >= 0.3 is 0 Å². The fraction of sp³-hybridized carbons (Fsp3) is 0.273. The maximum Gasteiger partial charge on any atom is 0.185 e. The molecule has 2 rings (SSSR count). The molecule has 15 heavy (non-hydrogen) atoms. The molecule has 0 aliphatic carbocycles. The molecule has 0 amide bonds. The largest absolute Gasteiger partial charge is 0.384 e. The third kappa shape index (κ3) is 1.98. The van der Waals surface area contributed by atoms with E-state index in [-0.39, 0.29) is 0 Å². The molecule has 0 aromatic carbocycles. The van der Waals surface area contributed by atoms with E-state index in [2.05, 4.69) is 24.0 Å². The fourth-order valence-electron chi connectivity index (χ4n) is 1.27. The minimum absolute atomic E-state index is 0.351. The molecule has 0 bridgehead atoms. The quantitative estimate of drug-likeness (QED) is 0.814. The van der Waals surface area contributed by atoms with Gasteiger partial charge in [-0.1, -0.05) is 25.1 Å². The van der Waals surface area contributed by atoms with Crippen LogP contribution in [0.1, 0.15) is 25.5 Å². The van der Waals surface area contributed by atoms with Crippen molar-refractivity contribution >= 4 is 5.82 Å². The van der Waals surface area contributed by atoms with E-state index in [1.54, 1.807) is 6.07 Å². The Hall–Kier alpha value is -1.84. The van der Waals surface area contributed by atoms with Gasteiger partial charge in [-0.05, 0) is 18.1 Å². The first-order valence-corrected chi connectivity index (χ1v) is 4.86. The van der Waals surface area contributed by atoms with Crippen molar-refractivity contribution < 1.29 is 4.52 Å². The predicted octanol–water partition coefficient (Wildman–Crippen LogP) is 2.44. The first-order valence-electron chi connectivity index (χ1n) is 4.86. The van der Waals surface area contributed by atoms with Crippen LogP contribution in [0.25, 0.3) is 11.5 Å². The molecule has 0 saturated carbocycles. The molecule has 0 spiro atoms. The minimum atomic E-state index is 0.351. The van der Waals surface area contributed by atoms with Crippen LogP contribution in [-0.2, 0) is 0 Å². The highest BCUT2D eigenvalue weighted by Crippen LogP contribution is 2.22. The van der Waals surface area contributed by atoms with Crippen LogP contribution in [0.2, 0.25) is 0 Å². The monoisotopic (exact) mass is 203 g/mol. The van der Waals surface area contributed by atoms with E-state index in [9.17, 15) is 0 Å². The van der Waals surface area contributed by atoms with Crippen LogP contribution >= 0.6 is 0 Å². The molecule has 78 valence electrons. The van der Waals surface area contributed by atoms with Crippen molar-refractivity contribution in [2.75, 3.05) is 5.73 Å². The van der Waals surface area contributed by atoms with Gasteiger partial charge in [0.2, 0.25) is 0 Å². The zero-order valence-corrected chi connectivity index (χ0v) is 8.77. The van der Waals surface area contributed by atoms with Crippen molar-refractivity contribution in [3.05, 3.63) is 30.0 Å². The topological polar surface area (TPSA) is 64.9 Å². The maximum absolute atomic E-state index is 5.59. The molecule has 0 atom stereocenters. The summed E-state index contributed by atoms with van der Waals surface area (Å²) >= 11 is 0. The Morgan fingerprint density at radius 3 is 2.73 bits per heavy atom. The molecule has 0 unspecified atom stereocenters. The number of hydrogen-bond acceptors (Lipinski definition) is 4. The zero-order valence-electron chi connectivity index (χ0n) is 8.77. The second kappa shape index (κ2) is 3.73. The van der Waals surface area contributed by atoms with Crippen LogP contribution in [0.15, 0.2) is 28.8 Å². The zero-order chi connectivity index (χ0) is 10.8. The van der Waals surface area contributed by atoms with Crippen molar-refractivity contribution in [2.45, 2.75) is 19.8 Å². The molecule has 4 nitrogen and oxygen atoms in total. The molecule has 0 saturated heterocycles. The fourth-order valence-corrected chi connectivity index (χ4v) is 1.27. The summed E-state index contributed by atoms with van der Waals surface area (Å²) < 4.78 is 5.20. The highest BCUT2D eigenvalue weighted by Gasteiger charge is 2.10. The van der Waals surface area contributed by atoms with Crippen molar-refractivity contribution in [2.24, 2.45) is 0 Å². The molecule has 2 heterocycles. The summed E-state index contributed by atoms with van der Waals surface area (Å²) in [5, 5.41) is 3.97. The number of rotatable bonds is 2. The smallest absolute Gasteiger partial charge is 0.185 e. The number of hydrogen-bond donors (Lipinski definition) is 1. The van der Waals surface area contributed by atoms with Crippen molar-refractivity contribution in [1.29, 1.82) is 0 Å². The number of nitrogens with zero attached hydrogens (tertiary/aromatic N) is 2. The number of aromatic nitrogens is 2. The first-order chi connectivity index (χ1) is 7.16. The lowest BCUT2D eigenvalue weighted by Gasteiger charge is -1.95. The van der Waals surface area contributed by atoms with Gasteiger partial charge in [0.1, 0.15) is 11.5 Å². The van der Waals surface area contributed by atoms with Gasteiger partial charge in [0, 0.05) is 6.07 Å². The van der Waals surface area contributed by atoms with Gasteiger partial charge in [0.05, 0.1) is 5.69 Å². The minimum Gasteiger partial charge on any atom is -0.384 e. The van der Waals surface area contributed by atoms with E-state index in [4.69, 9.17) is 10.3 Å². The summed E-state index contributed by atoms with van der Waals surface area (Å²) in [5.74, 6) is 1.49. The van der Waals surface area contributed by atoms with Gasteiger partial charge in [-0.25, -0.2) is 4.98 Å². The number of anilines is 1. The maximum atomic E-state index is 5.59. The third-order valence-corrected chi connectivity index (χ3v) is 2.14. The molecular formula is C11H13N3O. The molecule has 2 aromatic rings. The first kappa shape index (κ1) is 9.71. The second-order valence-corrected chi connectivity index (χ2v) is 3.72. The Kier molecular flexibility index (Phi) is 2.41. The van der Waals surface area contributed by atoms with Gasteiger partial charge in [-0.2, -0.15) is 0 Å². The average molecular weight is 203 g/mol. The van der Waals surface area contributed by atoms with Gasteiger partial charge < -0.3 is 10.3 Å². The lowest BCUT2D eigenvalue weighted by Crippen LogP contribution is -1.90. The van der Waals surface area contributed by atoms with Gasteiger partial charge in [-0.15, -0.1) is 0 Å². The molecule has 0 aliphatic rings. The Bertz CT molecular complexity index is 462. The van der Waals surface area contributed by atoms with Crippen molar-refractivity contribution in [3.8, 4) is 11.5 Å². The van der Waals surface area contributed by atoms with Crippen LogP contribution in [0.5, 0.6) is 0 Å². The Balaban J connectivity index is 2.37. The van der Waals surface area contributed by atoms with E-state index in [0.29, 0.717) is 17.5 Å². The standard InChI is InChI=1S/C11H13N3O/c1-7(2)9-6-10(15-14-9)8-4-3-5-11(12)13-8/h3-7H,1-2H3,(H2,12,13). The SMILES string of the molecule is CC(C)c1cc(-c2cccc(N)n2)on1. The molecule has 2 aromatic heterocycles. The molecule has 0 radical (unpaired) electrons. The van der Waals surface area contributed by atoms with E-state index in [0.717, 1.165) is 11.4 Å². The Morgan fingerprint density at radius 1 is 1.33 bits per heavy atom. The lowest BCUT2D eigenvalue weighted by atomic mass is 10.1. The molecular weight excluding hydrogens is 190 g/mol. The third-order valence-electron chi connectivity index (χ3n) is 2.14. The molecule has 0 aliphatic heterocycles. The van der Waals surface area contributed by atoms with Gasteiger partial charge in [0.25, 0.3) is 0 Å². The summed E-state index contributed by atoms with van der Waals surface area (Å²) in [4.78, 5) is 4.16. The summed E-state index contributed by atoms with van der Waals surface area (Å²) in [6, 6.07) is 7.33. The van der Waals surface area contributed by atoms with E-state index in [1.165, 1.54) is 0 Å². The second-order valence-electron chi connectivity index (χ2n) is 3.72. The van der Waals surface area contributed by atoms with Crippen LogP contribution in [0.3, 0.4) is 0 Å². The lowest BCUT2D eigenvalue weighted by molar-refractivity contribution is 0.419. The summed E-state index contributed by atoms with van der Waals surface area (Å²) in [5.41, 5.74) is 7.23. The Morgan fingerprint density at radius 2 is 2.13 bits per heavy atom. The van der Waals surface area contributed by atoms with Crippen LogP contribution in [-0.4, -0.2) is 10.1 Å². The van der Waals surface area contributed by atoms with Crippen LogP contribution < -0.4 is 5.73 Å². The van der Waals surface area contributed by atoms with Crippen molar-refractivity contribution in [3.63, 3.8) is 0 Å². The van der Waals surface area contributed by atoms with Gasteiger partial charge in [0.15, 0.2) is 5.76 Å². The van der Waals surface area contributed by atoms with Crippen LogP contribution in [0, 0.1) is 0 Å².